The highest BCUT2D eigenvalue weighted by molar-refractivity contribution is 6.30. The summed E-state index contributed by atoms with van der Waals surface area (Å²) in [7, 11) is 0. The van der Waals surface area contributed by atoms with Crippen molar-refractivity contribution >= 4 is 34.3 Å². The highest BCUT2D eigenvalue weighted by Crippen LogP contribution is 2.27. The molecule has 0 atom stereocenters. The molecule has 0 unspecified atom stereocenters. The van der Waals surface area contributed by atoms with Crippen LogP contribution in [0.1, 0.15) is 11.1 Å². The molecule has 0 spiro atoms. The van der Waals surface area contributed by atoms with E-state index >= 15 is 0 Å². The number of hydrogen-bond donors (Lipinski definition) is 1. The van der Waals surface area contributed by atoms with Crippen molar-refractivity contribution in [1.82, 2.24) is 4.57 Å². The van der Waals surface area contributed by atoms with Crippen LogP contribution in [-0.2, 0) is 0 Å². The third kappa shape index (κ3) is 3.30. The first kappa shape index (κ1) is 18.0. The lowest BCUT2D eigenvalue weighted by Crippen LogP contribution is -2.20. The van der Waals surface area contributed by atoms with Gasteiger partial charge in [-0.05, 0) is 55.0 Å². The van der Waals surface area contributed by atoms with Crippen LogP contribution in [-0.4, -0.2) is 15.9 Å². The topological polar surface area (TPSA) is 54.6 Å². The molecule has 0 bridgehead atoms. The van der Waals surface area contributed by atoms with Gasteiger partial charge in [-0.25, -0.2) is 4.57 Å². The average Bonchev–Trinajstić information content (AvgIpc) is 2.69. The molecule has 0 aliphatic heterocycles. The molecular weight excluding hydrogens is 372 g/mol. The zero-order valence-electron chi connectivity index (χ0n) is 15.1. The molecule has 1 N–H and O–H groups in total. The number of fused-ring (bicyclic) bond motifs is 1. The lowest BCUT2D eigenvalue weighted by molar-refractivity contribution is 0.436. The Hall–Kier alpha value is -3.37. The van der Waals surface area contributed by atoms with Gasteiger partial charge in [-0.2, -0.15) is 0 Å². The highest BCUT2D eigenvalue weighted by Gasteiger charge is 2.16. The molecule has 0 saturated heterocycles. The monoisotopic (exact) mass is 388 g/mol. The molecule has 4 nitrogen and oxygen atoms in total. The highest BCUT2D eigenvalue weighted by atomic mass is 35.5. The number of halogens is 1. The normalized spacial score (nSPS) is 11.4. The van der Waals surface area contributed by atoms with Gasteiger partial charge in [0.15, 0.2) is 0 Å². The fourth-order valence-corrected chi connectivity index (χ4v) is 3.29. The second kappa shape index (κ2) is 7.33. The van der Waals surface area contributed by atoms with Crippen molar-refractivity contribution in [1.29, 1.82) is 0 Å². The number of aromatic nitrogens is 1. The Kier molecular flexibility index (Phi) is 4.72. The van der Waals surface area contributed by atoms with Crippen LogP contribution >= 0.6 is 11.6 Å². The molecule has 4 rings (SSSR count). The molecule has 4 aromatic rings. The zero-order valence-corrected chi connectivity index (χ0v) is 15.9. The Morgan fingerprint density at radius 2 is 1.68 bits per heavy atom. The Morgan fingerprint density at radius 3 is 2.39 bits per heavy atom. The predicted molar refractivity (Wildman–Crippen MR) is 115 cm³/mol. The standard InChI is InChI=1S/C23H17ClN2O2/c1-15-5-4-6-18(13-15)26-22(27)20-8-3-2-7-19(20)21(23(26)28)14-25-17-11-9-16(24)10-12-17/h2-14,28H,1H3. The molecule has 1 heterocycles. The van der Waals surface area contributed by atoms with Crippen LogP contribution in [0.4, 0.5) is 5.69 Å². The number of rotatable bonds is 3. The van der Waals surface area contributed by atoms with Gasteiger partial charge in [0.2, 0.25) is 5.88 Å². The lowest BCUT2D eigenvalue weighted by Gasteiger charge is -2.14. The fourth-order valence-electron chi connectivity index (χ4n) is 3.16. The Labute approximate surface area is 167 Å². The molecule has 3 aromatic carbocycles. The maximum Gasteiger partial charge on any atom is 0.265 e. The minimum atomic E-state index is -0.276. The minimum Gasteiger partial charge on any atom is -0.494 e. The van der Waals surface area contributed by atoms with Gasteiger partial charge in [-0.3, -0.25) is 9.79 Å². The first-order chi connectivity index (χ1) is 13.5. The van der Waals surface area contributed by atoms with Crippen LogP contribution in [0.15, 0.2) is 82.6 Å². The first-order valence-electron chi connectivity index (χ1n) is 8.78. The van der Waals surface area contributed by atoms with Gasteiger partial charge in [0, 0.05) is 22.0 Å². The second-order valence-corrected chi connectivity index (χ2v) is 6.93. The molecule has 0 fully saturated rings. The van der Waals surface area contributed by atoms with Crippen molar-refractivity contribution in [3.8, 4) is 11.6 Å². The van der Waals surface area contributed by atoms with Gasteiger partial charge in [0.25, 0.3) is 5.56 Å². The van der Waals surface area contributed by atoms with E-state index in [0.29, 0.717) is 32.7 Å². The van der Waals surface area contributed by atoms with Crippen LogP contribution in [0.5, 0.6) is 5.88 Å². The van der Waals surface area contributed by atoms with Crippen molar-refractivity contribution in [2.45, 2.75) is 6.92 Å². The Balaban J connectivity index is 1.97. The smallest absolute Gasteiger partial charge is 0.265 e. The van der Waals surface area contributed by atoms with Crippen LogP contribution in [0.3, 0.4) is 0 Å². The molecule has 0 aliphatic rings. The predicted octanol–water partition coefficient (Wildman–Crippen LogP) is 5.41. The fraction of sp³-hybridized carbons (Fsp3) is 0.0435. The molecule has 5 heteroatoms. The van der Waals surface area contributed by atoms with E-state index in [1.807, 2.05) is 37.3 Å². The summed E-state index contributed by atoms with van der Waals surface area (Å²) in [6.45, 7) is 1.94. The maximum atomic E-state index is 13.1. The molecule has 138 valence electrons. The minimum absolute atomic E-state index is 0.146. The van der Waals surface area contributed by atoms with Crippen molar-refractivity contribution in [3.63, 3.8) is 0 Å². The van der Waals surface area contributed by atoms with E-state index in [4.69, 9.17) is 11.6 Å². The molecular formula is C23H17ClN2O2. The van der Waals surface area contributed by atoms with E-state index in [9.17, 15) is 9.90 Å². The van der Waals surface area contributed by atoms with E-state index in [-0.39, 0.29) is 11.4 Å². The van der Waals surface area contributed by atoms with E-state index < -0.39 is 0 Å². The largest absolute Gasteiger partial charge is 0.494 e. The van der Waals surface area contributed by atoms with Gasteiger partial charge in [-0.15, -0.1) is 0 Å². The molecule has 0 saturated carbocycles. The van der Waals surface area contributed by atoms with Gasteiger partial charge in [0.05, 0.1) is 16.9 Å². The van der Waals surface area contributed by atoms with Crippen LogP contribution in [0.2, 0.25) is 5.02 Å². The summed E-state index contributed by atoms with van der Waals surface area (Å²) in [5.74, 6) is -0.146. The maximum absolute atomic E-state index is 13.1. The van der Waals surface area contributed by atoms with Gasteiger partial charge >= 0.3 is 0 Å². The molecule has 0 radical (unpaired) electrons. The lowest BCUT2D eigenvalue weighted by atomic mass is 10.1. The number of aromatic hydroxyl groups is 1. The number of hydrogen-bond acceptors (Lipinski definition) is 3. The summed E-state index contributed by atoms with van der Waals surface area (Å²) in [5, 5.41) is 12.8. The number of aryl methyl sites for hydroxylation is 1. The van der Waals surface area contributed by atoms with Crippen molar-refractivity contribution < 1.29 is 5.11 Å². The third-order valence-corrected chi connectivity index (χ3v) is 4.78. The van der Waals surface area contributed by atoms with Gasteiger partial charge in [0.1, 0.15) is 0 Å². The van der Waals surface area contributed by atoms with Crippen molar-refractivity contribution in [2.24, 2.45) is 4.99 Å². The number of aliphatic imine (C=N–C) groups is 1. The summed E-state index contributed by atoms with van der Waals surface area (Å²) in [6.07, 6.45) is 1.58. The van der Waals surface area contributed by atoms with Crippen LogP contribution in [0, 0.1) is 6.92 Å². The summed E-state index contributed by atoms with van der Waals surface area (Å²) >= 11 is 5.92. The summed E-state index contributed by atoms with van der Waals surface area (Å²) in [4.78, 5) is 17.5. The Morgan fingerprint density at radius 1 is 0.964 bits per heavy atom. The third-order valence-electron chi connectivity index (χ3n) is 4.53. The van der Waals surface area contributed by atoms with Gasteiger partial charge < -0.3 is 5.11 Å². The molecule has 0 amide bonds. The molecule has 28 heavy (non-hydrogen) atoms. The number of nitrogens with zero attached hydrogens (tertiary/aromatic N) is 2. The average molecular weight is 389 g/mol. The summed E-state index contributed by atoms with van der Waals surface area (Å²) < 4.78 is 1.32. The Bertz CT molecular complexity index is 1260. The number of pyridine rings is 1. The zero-order chi connectivity index (χ0) is 19.7. The summed E-state index contributed by atoms with van der Waals surface area (Å²) in [5.41, 5.74) is 2.50. The van der Waals surface area contributed by atoms with Gasteiger partial charge in [-0.1, -0.05) is 41.9 Å². The van der Waals surface area contributed by atoms with E-state index in [1.165, 1.54) is 4.57 Å². The summed E-state index contributed by atoms with van der Waals surface area (Å²) in [6, 6.07) is 21.7. The van der Waals surface area contributed by atoms with E-state index in [0.717, 1.165) is 5.56 Å². The number of benzene rings is 3. The molecule has 0 aliphatic carbocycles. The van der Waals surface area contributed by atoms with Crippen molar-refractivity contribution in [3.05, 3.63) is 99.3 Å². The van der Waals surface area contributed by atoms with Crippen LogP contribution in [0.25, 0.3) is 16.5 Å². The first-order valence-corrected chi connectivity index (χ1v) is 9.16. The SMILES string of the molecule is Cc1cccc(-n2c(O)c(C=Nc3ccc(Cl)cc3)c3ccccc3c2=O)c1. The quantitative estimate of drug-likeness (QED) is 0.477. The molecule has 1 aromatic heterocycles. The van der Waals surface area contributed by atoms with E-state index in [1.54, 1.807) is 48.7 Å². The second-order valence-electron chi connectivity index (χ2n) is 6.50. The van der Waals surface area contributed by atoms with Crippen LogP contribution < -0.4 is 5.56 Å². The van der Waals surface area contributed by atoms with E-state index in [2.05, 4.69) is 4.99 Å². The van der Waals surface area contributed by atoms with Crippen molar-refractivity contribution in [2.75, 3.05) is 0 Å².